The molecule has 3 N–H and O–H groups in total. The molecule has 0 spiro atoms. The third-order valence-corrected chi connectivity index (χ3v) is 23.6. The highest BCUT2D eigenvalue weighted by molar-refractivity contribution is 5.71. The average Bonchev–Trinajstić information content (AvgIpc) is 0.941. The topological polar surface area (TPSA) is 191 Å². The SMILES string of the molecule is CCCCCCCCCCCCCCCC(=O)OCC(COC(=O)CCCCCCCCCCCCCCC)OC(=O)CCCCCCCCCCCCCCC.CCCCCCCCCCCCCCCCCC(=O)O.CCCCCCCCCCCCCCCCCC(=O)O.CCCCCCCCCCCCCCCCCC(=O)O. The van der Waals surface area contributed by atoms with Gasteiger partial charge >= 0.3 is 35.8 Å². The highest BCUT2D eigenvalue weighted by Crippen LogP contribution is 2.22. The number of hydrogen-bond donors (Lipinski definition) is 3. The van der Waals surface area contributed by atoms with Gasteiger partial charge in [-0.15, -0.1) is 0 Å². The third-order valence-electron chi connectivity index (χ3n) is 23.6. The average molecular weight is 1660 g/mol. The van der Waals surface area contributed by atoms with Crippen molar-refractivity contribution in [2.24, 2.45) is 0 Å². The van der Waals surface area contributed by atoms with Gasteiger partial charge in [-0.25, -0.2) is 0 Å². The number of ether oxygens (including phenoxy) is 3. The fourth-order valence-electron chi connectivity index (χ4n) is 15.7. The Morgan fingerprint density at radius 1 is 0.162 bits per heavy atom. The standard InChI is InChI=1S/C51H98O6.3C18H36O2/c1-4-7-10-13-16-19-22-25-28-31-34-37-40-43-49(52)55-46-48(57-51(54)45-42-39-36-33-30-27-24-21-18-15-12-9-6-3)47-56-50(53)44-41-38-35-32-29-26-23-20-17-14-11-8-5-2;3*1-2-3-4-5-6-7-8-9-10-11-12-13-14-15-16-17-18(19)20/h48H,4-47H2,1-3H3;3*2-17H2,1H3,(H,19,20). The van der Waals surface area contributed by atoms with Crippen molar-refractivity contribution in [3.05, 3.63) is 0 Å². The van der Waals surface area contributed by atoms with Gasteiger partial charge in [0, 0.05) is 38.5 Å². The molecule has 0 aromatic heterocycles. The van der Waals surface area contributed by atoms with Crippen molar-refractivity contribution < 1.29 is 58.3 Å². The molecule has 0 amide bonds. The van der Waals surface area contributed by atoms with Gasteiger partial charge in [-0.1, -0.05) is 542 Å². The lowest BCUT2D eigenvalue weighted by molar-refractivity contribution is -0.167. The van der Waals surface area contributed by atoms with Crippen molar-refractivity contribution in [2.75, 3.05) is 13.2 Å². The second-order valence-electron chi connectivity index (χ2n) is 35.7. The Bertz CT molecular complexity index is 1770. The van der Waals surface area contributed by atoms with Gasteiger partial charge < -0.3 is 29.5 Å². The Hall–Kier alpha value is -3.18. The molecule has 117 heavy (non-hydrogen) atoms. The first-order chi connectivity index (χ1) is 57.3. The van der Waals surface area contributed by atoms with Crippen LogP contribution in [0.2, 0.25) is 0 Å². The fourth-order valence-corrected chi connectivity index (χ4v) is 15.7. The van der Waals surface area contributed by atoms with E-state index in [9.17, 15) is 28.8 Å². The summed E-state index contributed by atoms with van der Waals surface area (Å²) in [5, 5.41) is 25.6. The normalized spacial score (nSPS) is 11.1. The zero-order chi connectivity index (χ0) is 86.2. The van der Waals surface area contributed by atoms with Gasteiger partial charge in [0.1, 0.15) is 13.2 Å². The molecule has 0 atom stereocenters. The summed E-state index contributed by atoms with van der Waals surface area (Å²) in [6.45, 7) is 13.5. The second kappa shape index (κ2) is 111. The number of unbranched alkanes of at least 4 members (excludes halogenated alkanes) is 78. The van der Waals surface area contributed by atoms with Crippen LogP contribution in [0, 0.1) is 0 Å². The van der Waals surface area contributed by atoms with Crippen LogP contribution in [0.1, 0.15) is 619 Å². The maximum Gasteiger partial charge on any atom is 0.306 e. The molecule has 0 rings (SSSR count). The van der Waals surface area contributed by atoms with Crippen molar-refractivity contribution in [3.63, 3.8) is 0 Å². The van der Waals surface area contributed by atoms with E-state index < -0.39 is 24.0 Å². The summed E-state index contributed by atoms with van der Waals surface area (Å²) in [6, 6.07) is 0. The predicted octanol–water partition coefficient (Wildman–Crippen LogP) is 35.4. The first kappa shape index (κ1) is 120. The van der Waals surface area contributed by atoms with Crippen LogP contribution in [-0.2, 0) is 43.0 Å². The Morgan fingerprint density at radius 3 is 0.402 bits per heavy atom. The minimum atomic E-state index is -0.759. The largest absolute Gasteiger partial charge is 0.481 e. The van der Waals surface area contributed by atoms with Crippen LogP contribution >= 0.6 is 0 Å². The summed E-state index contributed by atoms with van der Waals surface area (Å²) < 4.78 is 16.8. The molecule has 0 saturated carbocycles. The van der Waals surface area contributed by atoms with Crippen LogP contribution < -0.4 is 0 Å². The molecular weight excluding hydrogens is 1450 g/mol. The summed E-state index contributed by atoms with van der Waals surface area (Å²) in [6.07, 6.45) is 110. The van der Waals surface area contributed by atoms with Crippen LogP contribution in [-0.4, -0.2) is 70.5 Å². The number of carbonyl (C=O) groups is 6. The third kappa shape index (κ3) is 121. The van der Waals surface area contributed by atoms with Crippen molar-refractivity contribution in [3.8, 4) is 0 Å². The zero-order valence-corrected chi connectivity index (χ0v) is 79.6. The number of carbonyl (C=O) groups excluding carboxylic acids is 3. The molecule has 0 aromatic rings. The van der Waals surface area contributed by atoms with Crippen molar-refractivity contribution in [1.82, 2.24) is 0 Å². The van der Waals surface area contributed by atoms with Crippen LogP contribution in [0.25, 0.3) is 0 Å². The van der Waals surface area contributed by atoms with Crippen LogP contribution in [0.3, 0.4) is 0 Å². The molecular formula is C105H206O12. The second-order valence-corrected chi connectivity index (χ2v) is 35.7. The molecule has 0 fully saturated rings. The number of carboxylic acids is 3. The van der Waals surface area contributed by atoms with E-state index in [-0.39, 0.29) is 31.1 Å². The van der Waals surface area contributed by atoms with Crippen LogP contribution in [0.4, 0.5) is 0 Å². The maximum atomic E-state index is 12.8. The summed E-state index contributed by atoms with van der Waals surface area (Å²) in [4.78, 5) is 68.9. The van der Waals surface area contributed by atoms with E-state index >= 15 is 0 Å². The number of hydrogen-bond acceptors (Lipinski definition) is 9. The van der Waals surface area contributed by atoms with Gasteiger partial charge in [0.2, 0.25) is 0 Å². The highest BCUT2D eigenvalue weighted by atomic mass is 16.6. The molecule has 0 aromatic carbocycles. The van der Waals surface area contributed by atoms with Crippen molar-refractivity contribution in [1.29, 1.82) is 0 Å². The number of aliphatic carboxylic acids is 3. The van der Waals surface area contributed by atoms with Gasteiger partial charge in [0.15, 0.2) is 6.10 Å². The van der Waals surface area contributed by atoms with E-state index in [1.165, 1.54) is 443 Å². The zero-order valence-electron chi connectivity index (χ0n) is 79.6. The number of rotatable bonds is 95. The number of carboxylic acid groups (broad SMARTS) is 3. The monoisotopic (exact) mass is 1660 g/mol. The Balaban J connectivity index is -0.000000859. The van der Waals surface area contributed by atoms with Crippen molar-refractivity contribution in [2.45, 2.75) is 626 Å². The first-order valence-electron chi connectivity index (χ1n) is 52.5. The molecule has 0 aliphatic rings. The smallest absolute Gasteiger partial charge is 0.306 e. The molecule has 0 aliphatic carbocycles. The van der Waals surface area contributed by atoms with Gasteiger partial charge in [-0.05, 0) is 38.5 Å². The van der Waals surface area contributed by atoms with Gasteiger partial charge in [-0.3, -0.25) is 28.8 Å². The summed E-state index contributed by atoms with van der Waals surface area (Å²) in [7, 11) is 0. The van der Waals surface area contributed by atoms with E-state index in [0.29, 0.717) is 38.5 Å². The molecule has 0 unspecified atom stereocenters. The van der Waals surface area contributed by atoms with Crippen LogP contribution in [0.15, 0.2) is 0 Å². The van der Waals surface area contributed by atoms with E-state index in [4.69, 9.17) is 29.5 Å². The van der Waals surface area contributed by atoms with E-state index in [2.05, 4.69) is 41.5 Å². The first-order valence-corrected chi connectivity index (χ1v) is 52.5. The van der Waals surface area contributed by atoms with Gasteiger partial charge in [-0.2, -0.15) is 0 Å². The lowest BCUT2D eigenvalue weighted by atomic mass is 10.0. The fraction of sp³-hybridized carbons (Fsp3) is 0.943. The molecule has 698 valence electrons. The highest BCUT2D eigenvalue weighted by Gasteiger charge is 2.20. The molecule has 0 saturated heterocycles. The van der Waals surface area contributed by atoms with Crippen LogP contribution in [0.5, 0.6) is 0 Å². The lowest BCUT2D eigenvalue weighted by Crippen LogP contribution is -2.30. The molecule has 12 heteroatoms. The molecule has 0 bridgehead atoms. The Kier molecular flexibility index (Phi) is 114. The lowest BCUT2D eigenvalue weighted by Gasteiger charge is -2.18. The maximum absolute atomic E-state index is 12.8. The molecule has 12 nitrogen and oxygen atoms in total. The summed E-state index contributed by atoms with van der Waals surface area (Å²) in [5.41, 5.74) is 0. The minimum Gasteiger partial charge on any atom is -0.481 e. The Morgan fingerprint density at radius 2 is 0.274 bits per heavy atom. The van der Waals surface area contributed by atoms with E-state index in [1.54, 1.807) is 0 Å². The molecule has 0 radical (unpaired) electrons. The molecule has 0 aliphatic heterocycles. The molecule has 0 heterocycles. The van der Waals surface area contributed by atoms with Gasteiger partial charge in [0.05, 0.1) is 0 Å². The van der Waals surface area contributed by atoms with Crippen molar-refractivity contribution >= 4 is 35.8 Å². The van der Waals surface area contributed by atoms with E-state index in [1.807, 2.05) is 0 Å². The Labute approximate surface area is 728 Å². The van der Waals surface area contributed by atoms with E-state index in [0.717, 1.165) is 96.3 Å². The summed E-state index contributed by atoms with van der Waals surface area (Å²) >= 11 is 0. The quantitative estimate of drug-likeness (QED) is 0.0297. The number of esters is 3. The predicted molar refractivity (Wildman–Crippen MR) is 504 cm³/mol. The minimum absolute atomic E-state index is 0.0619. The van der Waals surface area contributed by atoms with Gasteiger partial charge in [0.25, 0.3) is 0 Å². The summed E-state index contributed by atoms with van der Waals surface area (Å²) in [5.74, 6) is -2.80.